The molecule has 1 aliphatic rings. The number of carboxylic acid groups (broad SMARTS) is 1. The van der Waals surface area contributed by atoms with Gasteiger partial charge in [-0.3, -0.25) is 4.68 Å². The maximum absolute atomic E-state index is 10.8. The number of carboxylic acids is 1. The topological polar surface area (TPSA) is 67.2 Å². The monoisotopic (exact) mass is 223 g/mol. The lowest BCUT2D eigenvalue weighted by Gasteiger charge is -2.10. The van der Waals surface area contributed by atoms with E-state index < -0.39 is 5.97 Å². The van der Waals surface area contributed by atoms with E-state index in [0.717, 1.165) is 5.69 Å². The SMILES string of the molecule is CC(C)n1nc(C(=O)O)cc1CNC1CC1. The first-order valence-electron chi connectivity index (χ1n) is 5.63. The van der Waals surface area contributed by atoms with Gasteiger partial charge in [0.2, 0.25) is 0 Å². The summed E-state index contributed by atoms with van der Waals surface area (Å²) in [5.41, 5.74) is 1.07. The summed E-state index contributed by atoms with van der Waals surface area (Å²) in [6.45, 7) is 4.70. The van der Waals surface area contributed by atoms with Gasteiger partial charge in [0, 0.05) is 18.6 Å². The molecule has 2 N–H and O–H groups in total. The number of hydrogen-bond donors (Lipinski definition) is 2. The minimum atomic E-state index is -0.966. The molecule has 1 aromatic rings. The third-order valence-electron chi connectivity index (χ3n) is 2.67. The molecular weight excluding hydrogens is 206 g/mol. The lowest BCUT2D eigenvalue weighted by atomic mass is 10.3. The molecule has 0 aromatic carbocycles. The van der Waals surface area contributed by atoms with Crippen molar-refractivity contribution in [1.82, 2.24) is 15.1 Å². The van der Waals surface area contributed by atoms with Crippen molar-refractivity contribution in [3.63, 3.8) is 0 Å². The van der Waals surface area contributed by atoms with Crippen LogP contribution in [0.5, 0.6) is 0 Å². The molecule has 1 heterocycles. The number of nitrogens with zero attached hydrogens (tertiary/aromatic N) is 2. The molecule has 1 fully saturated rings. The molecule has 0 saturated heterocycles. The fourth-order valence-electron chi connectivity index (χ4n) is 1.65. The highest BCUT2D eigenvalue weighted by molar-refractivity contribution is 5.85. The van der Waals surface area contributed by atoms with Crippen molar-refractivity contribution in [3.8, 4) is 0 Å². The summed E-state index contributed by atoms with van der Waals surface area (Å²) in [6.07, 6.45) is 2.45. The molecule has 5 heteroatoms. The highest BCUT2D eigenvalue weighted by Crippen LogP contribution is 2.20. The van der Waals surface area contributed by atoms with Crippen molar-refractivity contribution >= 4 is 5.97 Å². The van der Waals surface area contributed by atoms with Gasteiger partial charge in [-0.15, -0.1) is 0 Å². The van der Waals surface area contributed by atoms with E-state index in [1.807, 2.05) is 13.8 Å². The van der Waals surface area contributed by atoms with Gasteiger partial charge in [0.1, 0.15) is 0 Å². The van der Waals surface area contributed by atoms with Crippen molar-refractivity contribution < 1.29 is 9.90 Å². The van der Waals surface area contributed by atoms with Crippen LogP contribution in [0.15, 0.2) is 6.07 Å². The van der Waals surface area contributed by atoms with Gasteiger partial charge in [-0.05, 0) is 32.8 Å². The summed E-state index contributed by atoms with van der Waals surface area (Å²) < 4.78 is 1.78. The second-order valence-electron chi connectivity index (χ2n) is 4.52. The van der Waals surface area contributed by atoms with Gasteiger partial charge in [-0.1, -0.05) is 0 Å². The highest BCUT2D eigenvalue weighted by atomic mass is 16.4. The predicted molar refractivity (Wildman–Crippen MR) is 59.4 cm³/mol. The first kappa shape index (κ1) is 11.1. The molecule has 1 saturated carbocycles. The molecule has 0 aliphatic heterocycles. The molecule has 0 unspecified atom stereocenters. The van der Waals surface area contributed by atoms with Crippen molar-refractivity contribution in [2.45, 2.75) is 45.3 Å². The fourth-order valence-corrected chi connectivity index (χ4v) is 1.65. The zero-order valence-electron chi connectivity index (χ0n) is 9.60. The number of carbonyl (C=O) groups is 1. The van der Waals surface area contributed by atoms with Gasteiger partial charge >= 0.3 is 5.97 Å². The quantitative estimate of drug-likeness (QED) is 0.792. The maximum atomic E-state index is 10.8. The van der Waals surface area contributed by atoms with Crippen LogP contribution in [0.4, 0.5) is 0 Å². The molecule has 88 valence electrons. The van der Waals surface area contributed by atoms with Crippen LogP contribution in [0.2, 0.25) is 0 Å². The molecule has 1 aromatic heterocycles. The van der Waals surface area contributed by atoms with Crippen LogP contribution >= 0.6 is 0 Å². The second-order valence-corrected chi connectivity index (χ2v) is 4.52. The number of nitrogens with one attached hydrogen (secondary N) is 1. The zero-order chi connectivity index (χ0) is 11.7. The minimum absolute atomic E-state index is 0.126. The Labute approximate surface area is 94.5 Å². The smallest absolute Gasteiger partial charge is 0.356 e. The lowest BCUT2D eigenvalue weighted by Crippen LogP contribution is -2.19. The van der Waals surface area contributed by atoms with Crippen LogP contribution in [0.25, 0.3) is 0 Å². The molecule has 0 amide bonds. The van der Waals surface area contributed by atoms with E-state index in [-0.39, 0.29) is 11.7 Å². The van der Waals surface area contributed by atoms with Crippen molar-refractivity contribution in [1.29, 1.82) is 0 Å². The number of aromatic carboxylic acids is 1. The number of rotatable bonds is 5. The molecular formula is C11H17N3O2. The van der Waals surface area contributed by atoms with E-state index in [9.17, 15) is 4.79 Å². The normalized spacial score (nSPS) is 15.7. The van der Waals surface area contributed by atoms with E-state index in [4.69, 9.17) is 5.11 Å². The Kier molecular flexibility index (Phi) is 2.96. The standard InChI is InChI=1S/C11H17N3O2/c1-7(2)14-9(6-12-8-3-4-8)5-10(13-14)11(15)16/h5,7-8,12H,3-4,6H2,1-2H3,(H,15,16). The first-order valence-corrected chi connectivity index (χ1v) is 5.63. The van der Waals surface area contributed by atoms with Crippen LogP contribution in [0.3, 0.4) is 0 Å². The Morgan fingerprint density at radius 1 is 1.69 bits per heavy atom. The molecule has 0 radical (unpaired) electrons. The van der Waals surface area contributed by atoms with Crippen LogP contribution < -0.4 is 5.32 Å². The van der Waals surface area contributed by atoms with Crippen molar-refractivity contribution in [3.05, 3.63) is 17.5 Å². The molecule has 1 aliphatic carbocycles. The van der Waals surface area contributed by atoms with Gasteiger partial charge in [0.05, 0.1) is 5.69 Å². The summed E-state index contributed by atoms with van der Waals surface area (Å²) >= 11 is 0. The maximum Gasteiger partial charge on any atom is 0.356 e. The van der Waals surface area contributed by atoms with Crippen LogP contribution in [0, 0.1) is 0 Å². The molecule has 2 rings (SSSR count). The fraction of sp³-hybridized carbons (Fsp3) is 0.636. The highest BCUT2D eigenvalue weighted by Gasteiger charge is 2.22. The Morgan fingerprint density at radius 2 is 2.38 bits per heavy atom. The third-order valence-corrected chi connectivity index (χ3v) is 2.67. The van der Waals surface area contributed by atoms with Gasteiger partial charge < -0.3 is 10.4 Å². The Bertz CT molecular complexity index is 394. The van der Waals surface area contributed by atoms with Gasteiger partial charge in [0.25, 0.3) is 0 Å². The van der Waals surface area contributed by atoms with Gasteiger partial charge in [0.15, 0.2) is 5.69 Å². The Hall–Kier alpha value is -1.36. The third kappa shape index (κ3) is 2.41. The van der Waals surface area contributed by atoms with E-state index in [0.29, 0.717) is 12.6 Å². The lowest BCUT2D eigenvalue weighted by molar-refractivity contribution is 0.0689. The number of hydrogen-bond acceptors (Lipinski definition) is 3. The van der Waals surface area contributed by atoms with Crippen molar-refractivity contribution in [2.24, 2.45) is 0 Å². The first-order chi connectivity index (χ1) is 7.58. The molecule has 5 nitrogen and oxygen atoms in total. The zero-order valence-corrected chi connectivity index (χ0v) is 9.60. The van der Waals surface area contributed by atoms with E-state index >= 15 is 0 Å². The summed E-state index contributed by atoms with van der Waals surface area (Å²) in [4.78, 5) is 10.8. The number of aromatic nitrogens is 2. The average Bonchev–Trinajstić information content (AvgIpc) is 2.92. The van der Waals surface area contributed by atoms with Crippen LogP contribution in [-0.2, 0) is 6.54 Å². The van der Waals surface area contributed by atoms with Crippen molar-refractivity contribution in [2.75, 3.05) is 0 Å². The van der Waals surface area contributed by atoms with E-state index in [2.05, 4.69) is 10.4 Å². The predicted octanol–water partition coefficient (Wildman–Crippen LogP) is 1.41. The summed E-state index contributed by atoms with van der Waals surface area (Å²) in [5, 5.41) is 16.3. The summed E-state index contributed by atoms with van der Waals surface area (Å²) in [7, 11) is 0. The van der Waals surface area contributed by atoms with Gasteiger partial charge in [-0.25, -0.2) is 4.79 Å². The minimum Gasteiger partial charge on any atom is -0.476 e. The van der Waals surface area contributed by atoms with Crippen LogP contribution in [-0.4, -0.2) is 26.9 Å². The van der Waals surface area contributed by atoms with Gasteiger partial charge in [-0.2, -0.15) is 5.10 Å². The average molecular weight is 223 g/mol. The summed E-state index contributed by atoms with van der Waals surface area (Å²) in [5.74, 6) is -0.966. The van der Waals surface area contributed by atoms with E-state index in [1.54, 1.807) is 10.7 Å². The second kappa shape index (κ2) is 4.25. The largest absolute Gasteiger partial charge is 0.476 e. The van der Waals surface area contributed by atoms with E-state index in [1.165, 1.54) is 12.8 Å². The molecule has 16 heavy (non-hydrogen) atoms. The molecule has 0 bridgehead atoms. The van der Waals surface area contributed by atoms with Crippen LogP contribution in [0.1, 0.15) is 48.9 Å². The Balaban J connectivity index is 2.15. The Morgan fingerprint density at radius 3 is 2.88 bits per heavy atom. The summed E-state index contributed by atoms with van der Waals surface area (Å²) in [6, 6.07) is 2.45. The molecule has 0 atom stereocenters. The molecule has 0 spiro atoms.